The molecule has 0 saturated carbocycles. The molecular weight excluding hydrogens is 428 g/mol. The third-order valence-corrected chi connectivity index (χ3v) is 5.03. The van der Waals surface area contributed by atoms with Crippen molar-refractivity contribution in [2.24, 2.45) is 4.99 Å². The third kappa shape index (κ3) is 4.53. The van der Waals surface area contributed by atoms with Gasteiger partial charge in [0.1, 0.15) is 18.2 Å². The SMILES string of the molecule is O=C1OC(c2cccc(F)c2)=N/C1=C/c1ccc(OCc2c(Cl)cccc2Cl)cc1. The summed E-state index contributed by atoms with van der Waals surface area (Å²) in [5, 5.41) is 1.08. The molecule has 0 N–H and O–H groups in total. The fourth-order valence-electron chi connectivity index (χ4n) is 2.80. The maximum Gasteiger partial charge on any atom is 0.363 e. The van der Waals surface area contributed by atoms with Gasteiger partial charge in [0, 0.05) is 21.2 Å². The summed E-state index contributed by atoms with van der Waals surface area (Å²) in [5.74, 6) is -0.339. The molecule has 1 heterocycles. The van der Waals surface area contributed by atoms with Crippen LogP contribution >= 0.6 is 23.2 Å². The van der Waals surface area contributed by atoms with Crippen LogP contribution in [0, 0.1) is 5.82 Å². The molecule has 0 atom stereocenters. The van der Waals surface area contributed by atoms with Crippen LogP contribution in [0.4, 0.5) is 4.39 Å². The Bertz CT molecular complexity index is 1150. The third-order valence-electron chi connectivity index (χ3n) is 4.32. The minimum atomic E-state index is -0.594. The number of rotatable bonds is 5. The number of carbonyl (C=O) groups excluding carboxylic acids is 1. The van der Waals surface area contributed by atoms with Gasteiger partial charge in [-0.25, -0.2) is 14.2 Å². The molecule has 1 aliphatic rings. The highest BCUT2D eigenvalue weighted by atomic mass is 35.5. The summed E-state index contributed by atoms with van der Waals surface area (Å²) in [4.78, 5) is 16.3. The van der Waals surface area contributed by atoms with E-state index in [-0.39, 0.29) is 18.2 Å². The number of carbonyl (C=O) groups is 1. The summed E-state index contributed by atoms with van der Waals surface area (Å²) in [6.45, 7) is 0.229. The van der Waals surface area contributed by atoms with Crippen LogP contribution in [0.15, 0.2) is 77.4 Å². The van der Waals surface area contributed by atoms with Gasteiger partial charge in [0.2, 0.25) is 5.90 Å². The summed E-state index contributed by atoms with van der Waals surface area (Å²) < 4.78 is 24.3. The van der Waals surface area contributed by atoms with E-state index in [0.717, 1.165) is 5.56 Å². The molecule has 3 aromatic rings. The van der Waals surface area contributed by atoms with Crippen molar-refractivity contribution in [3.8, 4) is 5.75 Å². The van der Waals surface area contributed by atoms with Crippen LogP contribution < -0.4 is 4.74 Å². The van der Waals surface area contributed by atoms with Gasteiger partial charge in [-0.3, -0.25) is 0 Å². The molecule has 0 saturated heterocycles. The highest BCUT2D eigenvalue weighted by Gasteiger charge is 2.24. The van der Waals surface area contributed by atoms with Gasteiger partial charge < -0.3 is 9.47 Å². The van der Waals surface area contributed by atoms with Gasteiger partial charge in [0.05, 0.1) is 0 Å². The van der Waals surface area contributed by atoms with Crippen LogP contribution in [0.3, 0.4) is 0 Å². The number of ether oxygens (including phenoxy) is 2. The minimum Gasteiger partial charge on any atom is -0.489 e. The van der Waals surface area contributed by atoms with E-state index in [9.17, 15) is 9.18 Å². The van der Waals surface area contributed by atoms with Gasteiger partial charge >= 0.3 is 5.97 Å². The van der Waals surface area contributed by atoms with Gasteiger partial charge in [-0.15, -0.1) is 0 Å². The Labute approximate surface area is 182 Å². The summed E-state index contributed by atoms with van der Waals surface area (Å²) in [5.41, 5.74) is 1.97. The largest absolute Gasteiger partial charge is 0.489 e. The van der Waals surface area contributed by atoms with Gasteiger partial charge in [0.25, 0.3) is 0 Å². The summed E-state index contributed by atoms with van der Waals surface area (Å²) in [6.07, 6.45) is 1.59. The average molecular weight is 442 g/mol. The average Bonchev–Trinajstić information content (AvgIpc) is 3.09. The van der Waals surface area contributed by atoms with Crippen molar-refractivity contribution in [2.45, 2.75) is 6.61 Å². The van der Waals surface area contributed by atoms with E-state index in [2.05, 4.69) is 4.99 Å². The Hall–Kier alpha value is -3.15. The van der Waals surface area contributed by atoms with Crippen LogP contribution in [0.25, 0.3) is 6.08 Å². The number of hydrogen-bond donors (Lipinski definition) is 0. The molecule has 150 valence electrons. The van der Waals surface area contributed by atoms with E-state index in [1.54, 1.807) is 54.6 Å². The summed E-state index contributed by atoms with van der Waals surface area (Å²) in [7, 11) is 0. The standard InChI is InChI=1S/C23H14Cl2FNO3/c24-19-5-2-6-20(25)18(19)13-29-17-9-7-14(8-10-17)11-21-23(28)30-22(27-21)15-3-1-4-16(26)12-15/h1-12H,13H2/b21-11+. The Morgan fingerprint density at radius 3 is 2.40 bits per heavy atom. The molecule has 0 fully saturated rings. The minimum absolute atomic E-state index is 0.0716. The first-order chi connectivity index (χ1) is 14.5. The first-order valence-electron chi connectivity index (χ1n) is 8.94. The molecule has 7 heteroatoms. The molecule has 0 unspecified atom stereocenters. The predicted octanol–water partition coefficient (Wildman–Crippen LogP) is 6.06. The van der Waals surface area contributed by atoms with Crippen molar-refractivity contribution in [3.63, 3.8) is 0 Å². The molecule has 1 aliphatic heterocycles. The lowest BCUT2D eigenvalue weighted by atomic mass is 10.2. The lowest BCUT2D eigenvalue weighted by Crippen LogP contribution is -2.05. The van der Waals surface area contributed by atoms with Crippen LogP contribution in [0.5, 0.6) is 5.75 Å². The van der Waals surface area contributed by atoms with Crippen molar-refractivity contribution in [1.29, 1.82) is 0 Å². The zero-order valence-electron chi connectivity index (χ0n) is 15.4. The molecule has 4 nitrogen and oxygen atoms in total. The van der Waals surface area contributed by atoms with Crippen molar-refractivity contribution in [3.05, 3.63) is 105 Å². The van der Waals surface area contributed by atoms with Crippen molar-refractivity contribution < 1.29 is 18.7 Å². The molecule has 0 aromatic heterocycles. The Morgan fingerprint density at radius 2 is 1.70 bits per heavy atom. The first kappa shape index (κ1) is 20.1. The second-order valence-corrected chi connectivity index (χ2v) is 7.22. The molecule has 4 rings (SSSR count). The lowest BCUT2D eigenvalue weighted by molar-refractivity contribution is -0.129. The van der Waals surface area contributed by atoms with Gasteiger partial charge in [-0.1, -0.05) is 47.5 Å². The van der Waals surface area contributed by atoms with Crippen molar-refractivity contribution >= 4 is 41.1 Å². The number of hydrogen-bond acceptors (Lipinski definition) is 4. The van der Waals surface area contributed by atoms with E-state index in [0.29, 0.717) is 26.9 Å². The number of halogens is 3. The van der Waals surface area contributed by atoms with Crippen molar-refractivity contribution in [1.82, 2.24) is 0 Å². The molecule has 0 amide bonds. The predicted molar refractivity (Wildman–Crippen MR) is 114 cm³/mol. The Kier molecular flexibility index (Phi) is 5.84. The maximum atomic E-state index is 13.4. The van der Waals surface area contributed by atoms with Gasteiger partial charge in [-0.2, -0.15) is 0 Å². The second-order valence-electron chi connectivity index (χ2n) is 6.40. The van der Waals surface area contributed by atoms with E-state index in [1.807, 2.05) is 0 Å². The number of nitrogens with zero attached hydrogens (tertiary/aromatic N) is 1. The molecule has 0 spiro atoms. The fraction of sp³-hybridized carbons (Fsp3) is 0.0435. The monoisotopic (exact) mass is 441 g/mol. The number of esters is 1. The lowest BCUT2D eigenvalue weighted by Gasteiger charge is -2.09. The molecule has 0 aliphatic carbocycles. The zero-order valence-corrected chi connectivity index (χ0v) is 17.0. The van der Waals surface area contributed by atoms with E-state index in [1.165, 1.54) is 18.2 Å². The summed E-state index contributed by atoms with van der Waals surface area (Å²) in [6, 6.07) is 18.1. The number of cyclic esters (lactones) is 1. The maximum absolute atomic E-state index is 13.4. The van der Waals surface area contributed by atoms with Crippen LogP contribution in [-0.2, 0) is 16.1 Å². The number of benzene rings is 3. The van der Waals surface area contributed by atoms with Crippen LogP contribution in [0.2, 0.25) is 10.0 Å². The summed E-state index contributed by atoms with van der Waals surface area (Å²) >= 11 is 12.3. The van der Waals surface area contributed by atoms with E-state index >= 15 is 0 Å². The topological polar surface area (TPSA) is 47.9 Å². The highest BCUT2D eigenvalue weighted by Crippen LogP contribution is 2.26. The van der Waals surface area contributed by atoms with Crippen molar-refractivity contribution in [2.75, 3.05) is 0 Å². The molecule has 30 heavy (non-hydrogen) atoms. The van der Waals surface area contributed by atoms with Crippen LogP contribution in [0.1, 0.15) is 16.7 Å². The smallest absolute Gasteiger partial charge is 0.363 e. The highest BCUT2D eigenvalue weighted by molar-refractivity contribution is 6.35. The quantitative estimate of drug-likeness (QED) is 0.357. The Balaban J connectivity index is 1.47. The molecule has 0 bridgehead atoms. The van der Waals surface area contributed by atoms with E-state index < -0.39 is 11.8 Å². The normalized spacial score (nSPS) is 14.6. The van der Waals surface area contributed by atoms with Gasteiger partial charge in [0.15, 0.2) is 5.70 Å². The zero-order chi connectivity index (χ0) is 21.1. The van der Waals surface area contributed by atoms with Gasteiger partial charge in [-0.05, 0) is 54.1 Å². The molecule has 3 aromatic carbocycles. The Morgan fingerprint density at radius 1 is 1.00 bits per heavy atom. The fourth-order valence-corrected chi connectivity index (χ4v) is 3.30. The first-order valence-corrected chi connectivity index (χ1v) is 9.69. The molecular formula is C23H14Cl2FNO3. The number of aliphatic imine (C=N–C) groups is 1. The molecule has 0 radical (unpaired) electrons. The second kappa shape index (κ2) is 8.69. The van der Waals surface area contributed by atoms with E-state index in [4.69, 9.17) is 32.7 Å². The van der Waals surface area contributed by atoms with Crippen LogP contribution in [-0.4, -0.2) is 11.9 Å².